The molecule has 1 aromatic heterocycles. The highest BCUT2D eigenvalue weighted by Crippen LogP contribution is 2.25. The first-order valence-corrected chi connectivity index (χ1v) is 12.4. The standard InChI is InChI=1S/C23H22N4O4S2/c1-15(16-3-4-18-14-20(31-2)8-5-17(18)13-16)25-22(28)26-19-6-9-21(10-7-19)33(29,30)27-23-24-11-12-32-23/h3-15H,1-2H3,(H,24,27)(H2,25,26,28). The third-order valence-corrected chi connectivity index (χ3v) is 7.17. The van der Waals surface area contributed by atoms with Gasteiger partial charge in [-0.2, -0.15) is 0 Å². The van der Waals surface area contributed by atoms with Gasteiger partial charge in [0.15, 0.2) is 5.13 Å². The second-order valence-corrected chi connectivity index (χ2v) is 9.84. The predicted octanol–water partition coefficient (Wildman–Crippen LogP) is 4.99. The first kappa shape index (κ1) is 22.6. The molecule has 0 aliphatic carbocycles. The molecule has 10 heteroatoms. The normalized spacial score (nSPS) is 12.2. The van der Waals surface area contributed by atoms with E-state index in [1.54, 1.807) is 12.5 Å². The molecule has 0 fully saturated rings. The average molecular weight is 483 g/mol. The van der Waals surface area contributed by atoms with Gasteiger partial charge in [-0.05, 0) is 65.7 Å². The van der Waals surface area contributed by atoms with Crippen LogP contribution in [0.3, 0.4) is 0 Å². The second-order valence-electron chi connectivity index (χ2n) is 7.26. The Kier molecular flexibility index (Phi) is 6.47. The summed E-state index contributed by atoms with van der Waals surface area (Å²) in [5.74, 6) is 0.790. The van der Waals surface area contributed by atoms with Crippen molar-refractivity contribution in [3.63, 3.8) is 0 Å². The fourth-order valence-corrected chi connectivity index (χ4v) is 5.04. The molecule has 0 spiro atoms. The number of nitrogens with zero attached hydrogens (tertiary/aromatic N) is 1. The molecule has 4 aromatic rings. The summed E-state index contributed by atoms with van der Waals surface area (Å²) in [6, 6.07) is 17.1. The van der Waals surface area contributed by atoms with Gasteiger partial charge in [0, 0.05) is 17.3 Å². The highest BCUT2D eigenvalue weighted by Gasteiger charge is 2.16. The lowest BCUT2D eigenvalue weighted by atomic mass is 10.0. The van der Waals surface area contributed by atoms with Gasteiger partial charge in [-0.15, -0.1) is 11.3 Å². The highest BCUT2D eigenvalue weighted by atomic mass is 32.2. The first-order valence-electron chi connectivity index (χ1n) is 10.0. The van der Waals surface area contributed by atoms with Crippen molar-refractivity contribution in [1.82, 2.24) is 10.3 Å². The van der Waals surface area contributed by atoms with Gasteiger partial charge in [-0.3, -0.25) is 4.72 Å². The predicted molar refractivity (Wildman–Crippen MR) is 130 cm³/mol. The molecule has 1 atom stereocenters. The molecule has 1 unspecified atom stereocenters. The lowest BCUT2D eigenvalue weighted by Gasteiger charge is -2.16. The van der Waals surface area contributed by atoms with Crippen LogP contribution in [0.5, 0.6) is 5.75 Å². The number of ether oxygens (including phenoxy) is 1. The maximum Gasteiger partial charge on any atom is 0.319 e. The Morgan fingerprint density at radius 1 is 1.03 bits per heavy atom. The van der Waals surface area contributed by atoms with Crippen molar-refractivity contribution in [3.05, 3.63) is 77.8 Å². The van der Waals surface area contributed by atoms with Gasteiger partial charge in [0.25, 0.3) is 10.0 Å². The number of urea groups is 1. The highest BCUT2D eigenvalue weighted by molar-refractivity contribution is 7.93. The molecule has 3 aromatic carbocycles. The van der Waals surface area contributed by atoms with Crippen LogP contribution < -0.4 is 20.1 Å². The van der Waals surface area contributed by atoms with Crippen LogP contribution in [0.1, 0.15) is 18.5 Å². The largest absolute Gasteiger partial charge is 0.497 e. The van der Waals surface area contributed by atoms with Gasteiger partial charge in [-0.1, -0.05) is 18.2 Å². The molecule has 2 amide bonds. The van der Waals surface area contributed by atoms with Crippen LogP contribution in [0, 0.1) is 0 Å². The Morgan fingerprint density at radius 3 is 2.45 bits per heavy atom. The van der Waals surface area contributed by atoms with Crippen LogP contribution in [-0.2, 0) is 10.0 Å². The van der Waals surface area contributed by atoms with E-state index in [-0.39, 0.29) is 10.9 Å². The minimum absolute atomic E-state index is 0.0739. The molecule has 0 aliphatic rings. The zero-order valence-electron chi connectivity index (χ0n) is 17.9. The second kappa shape index (κ2) is 9.47. The topological polar surface area (TPSA) is 109 Å². The lowest BCUT2D eigenvalue weighted by Crippen LogP contribution is -2.31. The number of rotatable bonds is 7. The number of thiazole rings is 1. The van der Waals surface area contributed by atoms with Crippen LogP contribution in [0.15, 0.2) is 77.1 Å². The number of aromatic nitrogens is 1. The number of sulfonamides is 1. The summed E-state index contributed by atoms with van der Waals surface area (Å²) in [5.41, 5.74) is 1.43. The zero-order valence-corrected chi connectivity index (χ0v) is 19.5. The van der Waals surface area contributed by atoms with E-state index in [2.05, 4.69) is 20.3 Å². The molecule has 8 nitrogen and oxygen atoms in total. The van der Waals surface area contributed by atoms with E-state index in [4.69, 9.17) is 4.74 Å². The van der Waals surface area contributed by atoms with E-state index in [1.807, 2.05) is 43.3 Å². The summed E-state index contributed by atoms with van der Waals surface area (Å²) < 4.78 is 32.5. The third kappa shape index (κ3) is 5.41. The van der Waals surface area contributed by atoms with Gasteiger partial charge in [0.1, 0.15) is 5.75 Å². The van der Waals surface area contributed by atoms with Crippen LogP contribution >= 0.6 is 11.3 Å². The number of hydrogen-bond acceptors (Lipinski definition) is 6. The van der Waals surface area contributed by atoms with Gasteiger partial charge in [-0.25, -0.2) is 18.2 Å². The summed E-state index contributed by atoms with van der Waals surface area (Å²) in [6.07, 6.45) is 1.52. The van der Waals surface area contributed by atoms with Crippen LogP contribution in [-0.4, -0.2) is 26.5 Å². The van der Waals surface area contributed by atoms with E-state index < -0.39 is 16.1 Å². The number of carbonyl (C=O) groups is 1. The summed E-state index contributed by atoms with van der Waals surface area (Å²) in [6.45, 7) is 1.89. The molecule has 1 heterocycles. The maximum atomic E-state index is 12.5. The number of fused-ring (bicyclic) bond motifs is 1. The Bertz CT molecular complexity index is 1370. The Morgan fingerprint density at radius 2 is 1.76 bits per heavy atom. The van der Waals surface area contributed by atoms with Crippen molar-refractivity contribution in [1.29, 1.82) is 0 Å². The third-order valence-electron chi connectivity index (χ3n) is 5.00. The maximum absolute atomic E-state index is 12.5. The number of anilines is 2. The van der Waals surface area contributed by atoms with Gasteiger partial charge < -0.3 is 15.4 Å². The van der Waals surface area contributed by atoms with Crippen molar-refractivity contribution in [3.8, 4) is 5.75 Å². The molecule has 4 rings (SSSR count). The molecule has 3 N–H and O–H groups in total. The monoisotopic (exact) mass is 482 g/mol. The van der Waals surface area contributed by atoms with E-state index >= 15 is 0 Å². The zero-order chi connectivity index (χ0) is 23.4. The summed E-state index contributed by atoms with van der Waals surface area (Å²) in [4.78, 5) is 16.5. The smallest absolute Gasteiger partial charge is 0.319 e. The average Bonchev–Trinajstić information content (AvgIpc) is 3.31. The molecule has 0 bridgehead atoms. The number of hydrogen-bond donors (Lipinski definition) is 3. The minimum Gasteiger partial charge on any atom is -0.497 e. The van der Waals surface area contributed by atoms with E-state index in [0.29, 0.717) is 10.8 Å². The van der Waals surface area contributed by atoms with E-state index in [1.165, 1.54) is 41.8 Å². The number of methoxy groups -OCH3 is 1. The van der Waals surface area contributed by atoms with Crippen LogP contribution in [0.4, 0.5) is 15.6 Å². The molecular formula is C23H22N4O4S2. The summed E-state index contributed by atoms with van der Waals surface area (Å²) in [5, 5.41) is 9.69. The van der Waals surface area contributed by atoms with Gasteiger partial charge in [0.2, 0.25) is 0 Å². The fourth-order valence-electron chi connectivity index (χ4n) is 3.25. The van der Waals surface area contributed by atoms with Crippen molar-refractivity contribution in [2.45, 2.75) is 17.9 Å². The molecule has 0 aliphatic heterocycles. The summed E-state index contributed by atoms with van der Waals surface area (Å²) >= 11 is 1.19. The minimum atomic E-state index is -3.74. The number of nitrogens with one attached hydrogen (secondary N) is 3. The molecule has 170 valence electrons. The summed E-state index contributed by atoms with van der Waals surface area (Å²) in [7, 11) is -2.11. The molecule has 0 saturated carbocycles. The number of benzene rings is 3. The van der Waals surface area contributed by atoms with Gasteiger partial charge >= 0.3 is 6.03 Å². The Labute approximate surface area is 195 Å². The van der Waals surface area contributed by atoms with E-state index in [0.717, 1.165) is 22.1 Å². The van der Waals surface area contributed by atoms with Crippen molar-refractivity contribution in [2.75, 3.05) is 17.1 Å². The van der Waals surface area contributed by atoms with Crippen molar-refractivity contribution >= 4 is 49.0 Å². The Balaban J connectivity index is 1.38. The number of carbonyl (C=O) groups excluding carboxylic acids is 1. The molecule has 0 radical (unpaired) electrons. The van der Waals surface area contributed by atoms with Gasteiger partial charge in [0.05, 0.1) is 18.0 Å². The first-order chi connectivity index (χ1) is 15.8. The SMILES string of the molecule is COc1ccc2cc(C(C)NC(=O)Nc3ccc(S(=O)(=O)Nc4nccs4)cc3)ccc2c1. The Hall–Kier alpha value is -3.63. The molecule has 33 heavy (non-hydrogen) atoms. The van der Waals surface area contributed by atoms with Crippen LogP contribution in [0.2, 0.25) is 0 Å². The van der Waals surface area contributed by atoms with E-state index in [9.17, 15) is 13.2 Å². The molecule has 0 saturated heterocycles. The lowest BCUT2D eigenvalue weighted by molar-refractivity contribution is 0.249. The van der Waals surface area contributed by atoms with Crippen LogP contribution in [0.25, 0.3) is 10.8 Å². The quantitative estimate of drug-likeness (QED) is 0.344. The fraction of sp³-hybridized carbons (Fsp3) is 0.130. The van der Waals surface area contributed by atoms with Crippen molar-refractivity contribution < 1.29 is 17.9 Å². The molecular weight excluding hydrogens is 460 g/mol. The van der Waals surface area contributed by atoms with Crippen molar-refractivity contribution in [2.24, 2.45) is 0 Å². The number of amides is 2.